The highest BCUT2D eigenvalue weighted by Crippen LogP contribution is 2.30. The molecule has 2 amide bonds. The molecule has 0 bridgehead atoms. The Bertz CT molecular complexity index is 927. The fourth-order valence-corrected chi connectivity index (χ4v) is 5.68. The molecule has 1 rings (SSSR count). The lowest BCUT2D eigenvalue weighted by Crippen LogP contribution is -2.44. The summed E-state index contributed by atoms with van der Waals surface area (Å²) in [5.41, 5.74) is 2.56. The third-order valence-electron chi connectivity index (χ3n) is 8.84. The van der Waals surface area contributed by atoms with Gasteiger partial charge in [0, 0.05) is 19.3 Å². The molecule has 1 fully saturated rings. The standard InChI is InChI=1S/C35H60N2O8/c1-27(28-19-18-20-28)23-24-29(34(42)43)37-32(39)26-25-30(35(44)45)36-31(38)21-16-14-12-10-8-6-4-2-3-5-7-9-11-13-15-17-22-33(40)41/h29-30H,2-26H2,1H3,(H,36,38)(H,37,39)(H,40,41)(H,42,43)(H,44,45). The van der Waals surface area contributed by atoms with E-state index in [1.54, 1.807) is 0 Å². The smallest absolute Gasteiger partial charge is 0.326 e. The van der Waals surface area contributed by atoms with Gasteiger partial charge in [-0.25, -0.2) is 9.59 Å². The van der Waals surface area contributed by atoms with Gasteiger partial charge in [0.05, 0.1) is 0 Å². The quantitative estimate of drug-likeness (QED) is 0.0421. The monoisotopic (exact) mass is 636 g/mol. The summed E-state index contributed by atoms with van der Waals surface area (Å²) in [6.07, 6.45) is 22.3. The predicted molar refractivity (Wildman–Crippen MR) is 175 cm³/mol. The van der Waals surface area contributed by atoms with E-state index >= 15 is 0 Å². The maximum Gasteiger partial charge on any atom is 0.326 e. The first kappa shape index (κ1) is 40.1. The molecule has 0 aromatic heterocycles. The molecule has 45 heavy (non-hydrogen) atoms. The number of carboxylic acid groups (broad SMARTS) is 3. The third kappa shape index (κ3) is 21.5. The van der Waals surface area contributed by atoms with Crippen LogP contribution in [0.25, 0.3) is 0 Å². The normalized spacial score (nSPS) is 13.8. The van der Waals surface area contributed by atoms with Crippen LogP contribution < -0.4 is 10.6 Å². The van der Waals surface area contributed by atoms with Crippen LogP contribution in [0.15, 0.2) is 11.1 Å². The maximum absolute atomic E-state index is 12.4. The van der Waals surface area contributed by atoms with Crippen molar-refractivity contribution in [3.8, 4) is 0 Å². The van der Waals surface area contributed by atoms with Crippen LogP contribution in [-0.2, 0) is 24.0 Å². The molecular weight excluding hydrogens is 576 g/mol. The molecule has 0 saturated heterocycles. The zero-order valence-electron chi connectivity index (χ0n) is 27.7. The van der Waals surface area contributed by atoms with Gasteiger partial charge in [0.25, 0.3) is 0 Å². The van der Waals surface area contributed by atoms with E-state index in [2.05, 4.69) is 10.6 Å². The SMILES string of the molecule is CC(CCC(NC(=O)CCC(NC(=O)CCCCCCCCCCCCCCCCCCC(=O)O)C(=O)O)C(=O)O)=C1CCC1. The van der Waals surface area contributed by atoms with E-state index in [1.807, 2.05) is 6.92 Å². The van der Waals surface area contributed by atoms with Crippen LogP contribution in [0.3, 0.4) is 0 Å². The van der Waals surface area contributed by atoms with E-state index in [1.165, 1.54) is 68.9 Å². The summed E-state index contributed by atoms with van der Waals surface area (Å²) >= 11 is 0. The Labute approximate surface area is 270 Å². The number of amides is 2. The molecule has 0 aromatic carbocycles. The fourth-order valence-electron chi connectivity index (χ4n) is 5.68. The number of carbonyl (C=O) groups excluding carboxylic acids is 2. The second-order valence-electron chi connectivity index (χ2n) is 12.8. The van der Waals surface area contributed by atoms with Crippen LogP contribution in [0.1, 0.15) is 167 Å². The molecule has 2 unspecified atom stereocenters. The maximum atomic E-state index is 12.4. The molecule has 0 radical (unpaired) electrons. The zero-order chi connectivity index (χ0) is 33.3. The van der Waals surface area contributed by atoms with Crippen molar-refractivity contribution in [2.24, 2.45) is 0 Å². The number of hydrogen-bond acceptors (Lipinski definition) is 5. The van der Waals surface area contributed by atoms with E-state index < -0.39 is 35.9 Å². The Morgan fingerprint density at radius 3 is 1.24 bits per heavy atom. The lowest BCUT2D eigenvalue weighted by Gasteiger charge is -2.21. The van der Waals surface area contributed by atoms with Crippen LogP contribution in [-0.4, -0.2) is 57.1 Å². The Morgan fingerprint density at radius 1 is 0.533 bits per heavy atom. The van der Waals surface area contributed by atoms with Gasteiger partial charge in [0.15, 0.2) is 0 Å². The van der Waals surface area contributed by atoms with Gasteiger partial charge < -0.3 is 26.0 Å². The highest BCUT2D eigenvalue weighted by Gasteiger charge is 2.24. The number of carboxylic acids is 3. The number of unbranched alkanes of at least 4 members (excludes halogenated alkanes) is 15. The number of nitrogens with one attached hydrogen (secondary N) is 2. The summed E-state index contributed by atoms with van der Waals surface area (Å²) in [4.78, 5) is 58.4. The molecule has 0 aliphatic heterocycles. The minimum Gasteiger partial charge on any atom is -0.481 e. The van der Waals surface area contributed by atoms with Crippen molar-refractivity contribution in [3.05, 3.63) is 11.1 Å². The molecule has 1 aliphatic rings. The molecule has 5 N–H and O–H groups in total. The number of carbonyl (C=O) groups is 5. The summed E-state index contributed by atoms with van der Waals surface area (Å²) < 4.78 is 0. The van der Waals surface area contributed by atoms with E-state index in [0.717, 1.165) is 57.8 Å². The van der Waals surface area contributed by atoms with Crippen molar-refractivity contribution in [2.45, 2.75) is 180 Å². The Hall–Kier alpha value is -2.91. The Kier molecular flexibility index (Phi) is 22.6. The number of allylic oxidation sites excluding steroid dienone is 2. The van der Waals surface area contributed by atoms with Crippen LogP contribution in [0.2, 0.25) is 0 Å². The molecule has 0 spiro atoms. The van der Waals surface area contributed by atoms with Crippen LogP contribution in [0.4, 0.5) is 0 Å². The molecule has 258 valence electrons. The second-order valence-corrected chi connectivity index (χ2v) is 12.8. The van der Waals surface area contributed by atoms with E-state index in [0.29, 0.717) is 12.8 Å². The van der Waals surface area contributed by atoms with Crippen molar-refractivity contribution >= 4 is 29.7 Å². The largest absolute Gasteiger partial charge is 0.481 e. The first-order chi connectivity index (χ1) is 21.6. The van der Waals surface area contributed by atoms with Gasteiger partial charge in [-0.3, -0.25) is 14.4 Å². The first-order valence-corrected chi connectivity index (χ1v) is 17.5. The van der Waals surface area contributed by atoms with Gasteiger partial charge in [0.2, 0.25) is 11.8 Å². The van der Waals surface area contributed by atoms with Gasteiger partial charge in [-0.15, -0.1) is 0 Å². The van der Waals surface area contributed by atoms with Crippen molar-refractivity contribution in [2.75, 3.05) is 0 Å². The van der Waals surface area contributed by atoms with Crippen LogP contribution >= 0.6 is 0 Å². The van der Waals surface area contributed by atoms with Crippen LogP contribution in [0.5, 0.6) is 0 Å². The molecular formula is C35H60N2O8. The molecule has 0 aromatic rings. The zero-order valence-corrected chi connectivity index (χ0v) is 27.7. The summed E-state index contributed by atoms with van der Waals surface area (Å²) in [5, 5.41) is 32.6. The van der Waals surface area contributed by atoms with Crippen molar-refractivity contribution in [1.82, 2.24) is 10.6 Å². The van der Waals surface area contributed by atoms with Crippen molar-refractivity contribution in [3.63, 3.8) is 0 Å². The summed E-state index contributed by atoms with van der Waals surface area (Å²) in [6, 6.07) is -2.21. The number of aliphatic carboxylic acids is 3. The summed E-state index contributed by atoms with van der Waals surface area (Å²) in [5.74, 6) is -3.90. The molecule has 1 saturated carbocycles. The lowest BCUT2D eigenvalue weighted by molar-refractivity contribution is -0.143. The highest BCUT2D eigenvalue weighted by molar-refractivity contribution is 5.86. The average Bonchev–Trinajstić information content (AvgIpc) is 2.95. The first-order valence-electron chi connectivity index (χ1n) is 17.5. The van der Waals surface area contributed by atoms with Crippen LogP contribution in [0, 0.1) is 0 Å². The van der Waals surface area contributed by atoms with Crippen molar-refractivity contribution in [1.29, 1.82) is 0 Å². The second kappa shape index (κ2) is 25.3. The van der Waals surface area contributed by atoms with Gasteiger partial charge in [-0.1, -0.05) is 101 Å². The number of hydrogen-bond donors (Lipinski definition) is 5. The summed E-state index contributed by atoms with van der Waals surface area (Å²) in [7, 11) is 0. The minimum atomic E-state index is -1.21. The topological polar surface area (TPSA) is 170 Å². The molecule has 0 heterocycles. The molecule has 1 aliphatic carbocycles. The number of rotatable bonds is 29. The fraction of sp³-hybridized carbons (Fsp3) is 0.800. The predicted octanol–water partition coefficient (Wildman–Crippen LogP) is 7.29. The van der Waals surface area contributed by atoms with Crippen molar-refractivity contribution < 1.29 is 39.3 Å². The van der Waals surface area contributed by atoms with E-state index in [9.17, 15) is 34.2 Å². The van der Waals surface area contributed by atoms with E-state index in [4.69, 9.17) is 5.11 Å². The Morgan fingerprint density at radius 2 is 0.889 bits per heavy atom. The van der Waals surface area contributed by atoms with Gasteiger partial charge in [-0.2, -0.15) is 0 Å². The summed E-state index contributed by atoms with van der Waals surface area (Å²) in [6.45, 7) is 2.00. The van der Waals surface area contributed by atoms with Gasteiger partial charge >= 0.3 is 17.9 Å². The lowest BCUT2D eigenvalue weighted by atomic mass is 9.86. The van der Waals surface area contributed by atoms with Gasteiger partial charge in [0.1, 0.15) is 12.1 Å². The molecule has 10 heteroatoms. The Balaban J connectivity index is 2.05. The average molecular weight is 637 g/mol. The third-order valence-corrected chi connectivity index (χ3v) is 8.84. The minimum absolute atomic E-state index is 0.0987. The molecule has 10 nitrogen and oxygen atoms in total. The van der Waals surface area contributed by atoms with Gasteiger partial charge in [-0.05, 0) is 58.3 Å². The molecule has 2 atom stereocenters. The highest BCUT2D eigenvalue weighted by atomic mass is 16.4. The van der Waals surface area contributed by atoms with E-state index in [-0.39, 0.29) is 38.0 Å².